The lowest BCUT2D eigenvalue weighted by Crippen LogP contribution is -2.39. The summed E-state index contributed by atoms with van der Waals surface area (Å²) in [6.45, 7) is 2.98. The molecule has 3 rings (SSSR count). The molecule has 0 spiro atoms. The number of amides is 1. The van der Waals surface area contributed by atoms with Gasteiger partial charge in [-0.3, -0.25) is 9.78 Å². The van der Waals surface area contributed by atoms with Crippen LogP contribution in [0.25, 0.3) is 0 Å². The molecule has 9 heteroatoms. The molecule has 29 heavy (non-hydrogen) atoms. The van der Waals surface area contributed by atoms with Gasteiger partial charge in [-0.2, -0.15) is 17.4 Å². The Hall–Kier alpha value is -2.36. The fourth-order valence-electron chi connectivity index (χ4n) is 3.35. The minimum Gasteiger partial charge on any atom is -0.338 e. The number of fused-ring (bicyclic) bond motifs is 1. The summed E-state index contributed by atoms with van der Waals surface area (Å²) < 4.78 is 40.8. The first-order valence-electron chi connectivity index (χ1n) is 9.33. The van der Waals surface area contributed by atoms with Gasteiger partial charge in [0.15, 0.2) is 0 Å². The van der Waals surface area contributed by atoms with Gasteiger partial charge in [0.2, 0.25) is 5.91 Å². The summed E-state index contributed by atoms with van der Waals surface area (Å²) in [5.74, 6) is -0.357. The Kier molecular flexibility index (Phi) is 6.30. The molecule has 1 aromatic carbocycles. The summed E-state index contributed by atoms with van der Waals surface area (Å²) in [6.07, 6.45) is 2.60. The molecule has 0 saturated carbocycles. The number of aromatic nitrogens is 1. The van der Waals surface area contributed by atoms with Crippen molar-refractivity contribution < 1.29 is 17.6 Å². The SMILES string of the molecule is Cc1ncc2c(c1CNS(=O)(=O)N(C)C)CCN(C(=O)Cc1ccc(F)cc1)C2. The number of carbonyl (C=O) groups excluding carboxylic acids is 1. The monoisotopic (exact) mass is 420 g/mol. The topological polar surface area (TPSA) is 82.6 Å². The highest BCUT2D eigenvalue weighted by Gasteiger charge is 2.25. The van der Waals surface area contributed by atoms with Crippen LogP contribution in [-0.2, 0) is 40.9 Å². The van der Waals surface area contributed by atoms with Crippen LogP contribution in [0.3, 0.4) is 0 Å². The van der Waals surface area contributed by atoms with Crippen molar-refractivity contribution in [2.24, 2.45) is 0 Å². The van der Waals surface area contributed by atoms with E-state index in [1.807, 2.05) is 6.92 Å². The Balaban J connectivity index is 1.73. The molecule has 0 atom stereocenters. The molecule has 7 nitrogen and oxygen atoms in total. The molecular weight excluding hydrogens is 395 g/mol. The fourth-order valence-corrected chi connectivity index (χ4v) is 3.94. The van der Waals surface area contributed by atoms with Crippen molar-refractivity contribution in [2.45, 2.75) is 32.9 Å². The summed E-state index contributed by atoms with van der Waals surface area (Å²) in [7, 11) is -0.596. The molecule has 0 radical (unpaired) electrons. The first kappa shape index (κ1) is 21.4. The molecule has 1 aliphatic heterocycles. The largest absolute Gasteiger partial charge is 0.338 e. The first-order chi connectivity index (χ1) is 13.7. The van der Waals surface area contributed by atoms with E-state index in [0.717, 1.165) is 32.3 Å². The number of halogens is 1. The van der Waals surface area contributed by atoms with Crippen LogP contribution in [0.4, 0.5) is 4.39 Å². The number of hydrogen-bond donors (Lipinski definition) is 1. The van der Waals surface area contributed by atoms with E-state index in [0.29, 0.717) is 19.5 Å². The zero-order chi connectivity index (χ0) is 21.2. The predicted molar refractivity (Wildman–Crippen MR) is 108 cm³/mol. The molecule has 2 aromatic rings. The summed E-state index contributed by atoms with van der Waals surface area (Å²) in [4.78, 5) is 18.8. The Bertz CT molecular complexity index is 1010. The molecule has 0 unspecified atom stereocenters. The van der Waals surface area contributed by atoms with Crippen LogP contribution in [0, 0.1) is 12.7 Å². The van der Waals surface area contributed by atoms with Crippen LogP contribution >= 0.6 is 0 Å². The van der Waals surface area contributed by atoms with Gasteiger partial charge in [0.05, 0.1) is 6.42 Å². The standard InChI is InChI=1S/C20H25FN4O3S/c1-14-19(12-23-29(27,28)24(2)3)18-8-9-25(13-16(18)11-22-14)20(26)10-15-4-6-17(21)7-5-15/h4-7,11,23H,8-10,12-13H2,1-3H3. The van der Waals surface area contributed by atoms with Gasteiger partial charge in [-0.05, 0) is 47.7 Å². The number of nitrogens with zero attached hydrogens (tertiary/aromatic N) is 3. The molecule has 1 aliphatic rings. The molecule has 0 bridgehead atoms. The molecule has 156 valence electrons. The van der Waals surface area contributed by atoms with Gasteiger partial charge in [0.1, 0.15) is 5.82 Å². The van der Waals surface area contributed by atoms with Crippen LogP contribution in [-0.4, -0.2) is 49.2 Å². The maximum absolute atomic E-state index is 13.0. The molecule has 2 heterocycles. The summed E-state index contributed by atoms with van der Waals surface area (Å²) in [5.41, 5.74) is 4.37. The molecule has 0 fully saturated rings. The average Bonchev–Trinajstić information content (AvgIpc) is 2.68. The highest BCUT2D eigenvalue weighted by Crippen LogP contribution is 2.24. The fraction of sp³-hybridized carbons (Fsp3) is 0.400. The van der Waals surface area contributed by atoms with Gasteiger partial charge in [-0.1, -0.05) is 12.1 Å². The second-order valence-corrected chi connectivity index (χ2v) is 9.27. The van der Waals surface area contributed by atoms with Crippen LogP contribution in [0.5, 0.6) is 0 Å². The Morgan fingerprint density at radius 1 is 1.28 bits per heavy atom. The van der Waals surface area contributed by atoms with E-state index in [4.69, 9.17) is 0 Å². The van der Waals surface area contributed by atoms with Gasteiger partial charge in [0, 0.05) is 45.6 Å². The third-order valence-corrected chi connectivity index (χ3v) is 6.60. The Labute approximate surface area is 170 Å². The van der Waals surface area contributed by atoms with Gasteiger partial charge in [-0.15, -0.1) is 0 Å². The van der Waals surface area contributed by atoms with E-state index in [1.165, 1.54) is 26.2 Å². The lowest BCUT2D eigenvalue weighted by Gasteiger charge is -2.30. The summed E-state index contributed by atoms with van der Waals surface area (Å²) >= 11 is 0. The lowest BCUT2D eigenvalue weighted by molar-refractivity contribution is -0.131. The predicted octanol–water partition coefficient (Wildman–Crippen LogP) is 1.55. The van der Waals surface area contributed by atoms with Crippen LogP contribution < -0.4 is 4.72 Å². The van der Waals surface area contributed by atoms with Gasteiger partial charge in [-0.25, -0.2) is 4.39 Å². The minimum absolute atomic E-state index is 0.0299. The quantitative estimate of drug-likeness (QED) is 0.769. The van der Waals surface area contributed by atoms with Crippen molar-refractivity contribution in [3.8, 4) is 0 Å². The first-order valence-corrected chi connectivity index (χ1v) is 10.8. The number of aryl methyl sites for hydroxylation is 1. The van der Waals surface area contributed by atoms with Crippen molar-refractivity contribution in [1.29, 1.82) is 0 Å². The Morgan fingerprint density at radius 3 is 2.62 bits per heavy atom. The molecular formula is C20H25FN4O3S. The normalized spacial score (nSPS) is 14.2. The van der Waals surface area contributed by atoms with Crippen molar-refractivity contribution in [3.63, 3.8) is 0 Å². The zero-order valence-electron chi connectivity index (χ0n) is 16.8. The highest BCUT2D eigenvalue weighted by molar-refractivity contribution is 7.87. The smallest absolute Gasteiger partial charge is 0.279 e. The van der Waals surface area contributed by atoms with Crippen molar-refractivity contribution in [2.75, 3.05) is 20.6 Å². The molecule has 0 saturated heterocycles. The third-order valence-electron chi connectivity index (χ3n) is 5.13. The second-order valence-electron chi connectivity index (χ2n) is 7.30. The number of nitrogens with one attached hydrogen (secondary N) is 1. The van der Waals surface area contributed by atoms with E-state index >= 15 is 0 Å². The summed E-state index contributed by atoms with van der Waals surface area (Å²) in [6, 6.07) is 5.93. The number of carbonyl (C=O) groups is 1. The van der Waals surface area contributed by atoms with Crippen LogP contribution in [0.2, 0.25) is 0 Å². The van der Waals surface area contributed by atoms with Crippen molar-refractivity contribution in [3.05, 3.63) is 64.2 Å². The molecule has 1 amide bonds. The molecule has 1 N–H and O–H groups in total. The average molecular weight is 421 g/mol. The minimum atomic E-state index is -3.54. The maximum atomic E-state index is 13.0. The van der Waals surface area contributed by atoms with Crippen molar-refractivity contribution in [1.82, 2.24) is 18.9 Å². The summed E-state index contributed by atoms with van der Waals surface area (Å²) in [5, 5.41) is 0. The number of hydrogen-bond acceptors (Lipinski definition) is 4. The Morgan fingerprint density at radius 2 is 1.97 bits per heavy atom. The highest BCUT2D eigenvalue weighted by atomic mass is 32.2. The third kappa shape index (κ3) is 4.98. The van der Waals surface area contributed by atoms with E-state index in [2.05, 4.69) is 9.71 Å². The number of rotatable bonds is 6. The number of pyridine rings is 1. The zero-order valence-corrected chi connectivity index (χ0v) is 17.6. The van der Waals surface area contributed by atoms with Crippen LogP contribution in [0.15, 0.2) is 30.5 Å². The van der Waals surface area contributed by atoms with Gasteiger partial charge in [0.25, 0.3) is 10.2 Å². The van der Waals surface area contributed by atoms with Crippen molar-refractivity contribution >= 4 is 16.1 Å². The van der Waals surface area contributed by atoms with E-state index in [1.54, 1.807) is 23.2 Å². The second kappa shape index (κ2) is 8.56. The molecule has 0 aliphatic carbocycles. The van der Waals surface area contributed by atoms with E-state index < -0.39 is 10.2 Å². The van der Waals surface area contributed by atoms with Crippen LogP contribution in [0.1, 0.15) is 27.9 Å². The van der Waals surface area contributed by atoms with Gasteiger partial charge >= 0.3 is 0 Å². The number of benzene rings is 1. The van der Waals surface area contributed by atoms with E-state index in [9.17, 15) is 17.6 Å². The lowest BCUT2D eigenvalue weighted by atomic mass is 9.94. The maximum Gasteiger partial charge on any atom is 0.279 e. The molecule has 1 aromatic heterocycles. The van der Waals surface area contributed by atoms with E-state index in [-0.39, 0.29) is 24.7 Å². The van der Waals surface area contributed by atoms with Gasteiger partial charge < -0.3 is 4.90 Å².